The Balaban J connectivity index is 2.23. The Hall–Kier alpha value is -3.32. The zero-order chi connectivity index (χ0) is 20.3. The highest BCUT2D eigenvalue weighted by atomic mass is 16.5. The summed E-state index contributed by atoms with van der Waals surface area (Å²) in [5.74, 6) is -0.926. The molecule has 7 heteroatoms. The number of ketones is 1. The van der Waals surface area contributed by atoms with E-state index in [1.165, 1.54) is 19.1 Å². The average molecular weight is 383 g/mol. The maximum absolute atomic E-state index is 12.8. The van der Waals surface area contributed by atoms with E-state index in [-0.39, 0.29) is 24.5 Å². The van der Waals surface area contributed by atoms with E-state index in [4.69, 9.17) is 9.47 Å². The van der Waals surface area contributed by atoms with Crippen molar-refractivity contribution in [2.24, 2.45) is 0 Å². The molecule has 28 heavy (non-hydrogen) atoms. The lowest BCUT2D eigenvalue weighted by atomic mass is 9.94. The molecule has 0 aliphatic carbocycles. The average Bonchev–Trinajstić information content (AvgIpc) is 2.98. The van der Waals surface area contributed by atoms with E-state index in [1.54, 1.807) is 48.5 Å². The highest BCUT2D eigenvalue weighted by molar-refractivity contribution is 6.46. The van der Waals surface area contributed by atoms with Gasteiger partial charge in [-0.25, -0.2) is 0 Å². The van der Waals surface area contributed by atoms with Gasteiger partial charge in [0.05, 0.1) is 32.4 Å². The zero-order valence-corrected chi connectivity index (χ0v) is 15.6. The molecule has 1 amide bonds. The topological polar surface area (TPSA) is 96.3 Å². The summed E-state index contributed by atoms with van der Waals surface area (Å²) in [7, 11) is 2.98. The number of aliphatic hydroxyl groups is 2. The Labute approximate surface area is 162 Å². The van der Waals surface area contributed by atoms with Crippen molar-refractivity contribution in [3.8, 4) is 11.5 Å². The van der Waals surface area contributed by atoms with Gasteiger partial charge in [-0.1, -0.05) is 30.3 Å². The maximum Gasteiger partial charge on any atom is 0.295 e. The Morgan fingerprint density at radius 3 is 2.39 bits per heavy atom. The van der Waals surface area contributed by atoms with Crippen LogP contribution in [-0.2, 0) is 9.59 Å². The number of carbonyl (C=O) groups is 2. The molecule has 0 aromatic heterocycles. The van der Waals surface area contributed by atoms with Crippen molar-refractivity contribution in [3.05, 3.63) is 65.2 Å². The number of amides is 1. The summed E-state index contributed by atoms with van der Waals surface area (Å²) < 4.78 is 10.6. The molecule has 3 rings (SSSR count). The third-order valence-corrected chi connectivity index (χ3v) is 4.66. The normalized spacial score (nSPS) is 18.4. The van der Waals surface area contributed by atoms with Crippen molar-refractivity contribution in [1.82, 2.24) is 4.90 Å². The van der Waals surface area contributed by atoms with E-state index in [0.717, 1.165) is 0 Å². The summed E-state index contributed by atoms with van der Waals surface area (Å²) in [5.41, 5.74) is 0.878. The lowest BCUT2D eigenvalue weighted by Gasteiger charge is -2.26. The van der Waals surface area contributed by atoms with Gasteiger partial charge in [0, 0.05) is 23.7 Å². The largest absolute Gasteiger partial charge is 0.507 e. The molecule has 2 aromatic rings. The van der Waals surface area contributed by atoms with Crippen LogP contribution in [0.1, 0.15) is 17.2 Å². The molecular weight excluding hydrogens is 362 g/mol. The minimum absolute atomic E-state index is 0.0480. The second-order valence-corrected chi connectivity index (χ2v) is 6.19. The van der Waals surface area contributed by atoms with Gasteiger partial charge in [-0.15, -0.1) is 0 Å². The van der Waals surface area contributed by atoms with Gasteiger partial charge in [0.25, 0.3) is 11.7 Å². The van der Waals surface area contributed by atoms with E-state index in [2.05, 4.69) is 0 Å². The first-order chi connectivity index (χ1) is 13.5. The summed E-state index contributed by atoms with van der Waals surface area (Å²) >= 11 is 0. The fraction of sp³-hybridized carbons (Fsp3) is 0.238. The molecule has 0 radical (unpaired) electrons. The van der Waals surface area contributed by atoms with Crippen LogP contribution in [0.15, 0.2) is 54.1 Å². The number of Topliss-reactive ketones (excluding diaryl/α,β-unsaturated/α-hetero) is 1. The number of methoxy groups -OCH3 is 2. The van der Waals surface area contributed by atoms with Gasteiger partial charge in [-0.05, 0) is 12.1 Å². The summed E-state index contributed by atoms with van der Waals surface area (Å²) in [6.07, 6.45) is 0. The number of carbonyl (C=O) groups excluding carboxylic acids is 2. The van der Waals surface area contributed by atoms with E-state index < -0.39 is 17.7 Å². The number of likely N-dealkylation sites (tertiary alicyclic amines) is 1. The molecule has 1 aliphatic rings. The first-order valence-electron chi connectivity index (χ1n) is 8.70. The van der Waals surface area contributed by atoms with Gasteiger partial charge in [-0.2, -0.15) is 0 Å². The van der Waals surface area contributed by atoms with Crippen molar-refractivity contribution < 1.29 is 29.3 Å². The van der Waals surface area contributed by atoms with Gasteiger partial charge in [0.2, 0.25) is 0 Å². The molecule has 2 N–H and O–H groups in total. The minimum Gasteiger partial charge on any atom is -0.507 e. The van der Waals surface area contributed by atoms with Crippen molar-refractivity contribution in [2.75, 3.05) is 27.4 Å². The first kappa shape index (κ1) is 19.4. The Kier molecular flexibility index (Phi) is 5.65. The van der Waals surface area contributed by atoms with E-state index in [1.807, 2.05) is 0 Å². The molecule has 0 spiro atoms. The predicted molar refractivity (Wildman–Crippen MR) is 102 cm³/mol. The molecular formula is C21H21NO6. The Morgan fingerprint density at radius 1 is 1.07 bits per heavy atom. The molecule has 1 atom stereocenters. The number of aliphatic hydroxyl groups excluding tert-OH is 2. The second-order valence-electron chi connectivity index (χ2n) is 6.19. The van der Waals surface area contributed by atoms with Crippen LogP contribution >= 0.6 is 0 Å². The van der Waals surface area contributed by atoms with Crippen molar-refractivity contribution in [3.63, 3.8) is 0 Å². The standard InChI is InChI=1S/C21H21NO6/c1-27-14-8-9-15(16(12-14)28-2)18-17(19(24)13-6-4-3-5-7-13)20(25)21(26)22(18)10-11-23/h3-9,12,18,23-24H,10-11H2,1-2H3/b19-17+/t18-/m0/s1. The molecule has 1 saturated heterocycles. The third kappa shape index (κ3) is 3.32. The molecule has 1 aliphatic heterocycles. The lowest BCUT2D eigenvalue weighted by molar-refractivity contribution is -0.140. The minimum atomic E-state index is -0.895. The van der Waals surface area contributed by atoms with Crippen LogP contribution < -0.4 is 9.47 Å². The highest BCUT2D eigenvalue weighted by Gasteiger charge is 2.46. The zero-order valence-electron chi connectivity index (χ0n) is 15.6. The Morgan fingerprint density at radius 2 is 1.79 bits per heavy atom. The number of nitrogens with zero attached hydrogens (tertiary/aromatic N) is 1. The third-order valence-electron chi connectivity index (χ3n) is 4.66. The van der Waals surface area contributed by atoms with E-state index in [9.17, 15) is 19.8 Å². The van der Waals surface area contributed by atoms with Crippen LogP contribution in [0.25, 0.3) is 5.76 Å². The molecule has 0 bridgehead atoms. The van der Waals surface area contributed by atoms with Gasteiger partial charge in [0.15, 0.2) is 0 Å². The number of rotatable bonds is 6. The SMILES string of the molecule is COc1ccc([C@H]2/C(=C(\O)c3ccccc3)C(=O)C(=O)N2CCO)c(OC)c1. The van der Waals surface area contributed by atoms with Crippen LogP contribution in [0.5, 0.6) is 11.5 Å². The molecule has 2 aromatic carbocycles. The van der Waals surface area contributed by atoms with E-state index >= 15 is 0 Å². The van der Waals surface area contributed by atoms with Gasteiger partial charge < -0.3 is 24.6 Å². The van der Waals surface area contributed by atoms with Crippen LogP contribution in [0.4, 0.5) is 0 Å². The van der Waals surface area contributed by atoms with Gasteiger partial charge >= 0.3 is 0 Å². The fourth-order valence-electron chi connectivity index (χ4n) is 3.34. The van der Waals surface area contributed by atoms with Crippen LogP contribution in [0.3, 0.4) is 0 Å². The summed E-state index contributed by atoms with van der Waals surface area (Å²) in [6.45, 7) is -0.386. The van der Waals surface area contributed by atoms with Crippen LogP contribution in [-0.4, -0.2) is 54.2 Å². The van der Waals surface area contributed by atoms with E-state index in [0.29, 0.717) is 22.6 Å². The molecule has 1 heterocycles. The fourth-order valence-corrected chi connectivity index (χ4v) is 3.34. The molecule has 0 unspecified atom stereocenters. The van der Waals surface area contributed by atoms with Crippen molar-refractivity contribution in [1.29, 1.82) is 0 Å². The molecule has 1 fully saturated rings. The van der Waals surface area contributed by atoms with Gasteiger partial charge in [-0.3, -0.25) is 9.59 Å². The number of ether oxygens (including phenoxy) is 2. The number of β-amino-alcohol motifs (C(OH)–C–C–N with tert-alkyl or cyclic N) is 1. The summed E-state index contributed by atoms with van der Waals surface area (Å²) in [4.78, 5) is 26.6. The quantitative estimate of drug-likeness (QED) is 0.451. The smallest absolute Gasteiger partial charge is 0.295 e. The van der Waals surface area contributed by atoms with Crippen molar-refractivity contribution >= 4 is 17.4 Å². The lowest BCUT2D eigenvalue weighted by Crippen LogP contribution is -2.32. The highest BCUT2D eigenvalue weighted by Crippen LogP contribution is 2.43. The molecule has 0 saturated carbocycles. The van der Waals surface area contributed by atoms with Crippen molar-refractivity contribution in [2.45, 2.75) is 6.04 Å². The number of hydrogen-bond acceptors (Lipinski definition) is 6. The number of benzene rings is 2. The summed E-state index contributed by atoms with van der Waals surface area (Å²) in [6, 6.07) is 12.6. The van der Waals surface area contributed by atoms with Gasteiger partial charge in [0.1, 0.15) is 17.3 Å². The monoisotopic (exact) mass is 383 g/mol. The Bertz CT molecular complexity index is 922. The van der Waals surface area contributed by atoms with Crippen LogP contribution in [0.2, 0.25) is 0 Å². The molecule has 7 nitrogen and oxygen atoms in total. The number of hydrogen-bond donors (Lipinski definition) is 2. The second kappa shape index (κ2) is 8.14. The predicted octanol–water partition coefficient (Wildman–Crippen LogP) is 2.12. The molecule has 146 valence electrons. The maximum atomic E-state index is 12.8. The summed E-state index contributed by atoms with van der Waals surface area (Å²) in [5, 5.41) is 20.3. The van der Waals surface area contributed by atoms with Crippen LogP contribution in [0, 0.1) is 0 Å². The first-order valence-corrected chi connectivity index (χ1v) is 8.70.